The van der Waals surface area contributed by atoms with Crippen molar-refractivity contribution in [1.82, 2.24) is 5.32 Å². The number of unbranched alkanes of at least 4 members (excludes halogenated alkanes) is 31. The maximum absolute atomic E-state index is 12.9. The van der Waals surface area contributed by atoms with Gasteiger partial charge in [-0.1, -0.05) is 230 Å². The molecule has 0 bridgehead atoms. The fourth-order valence-corrected chi connectivity index (χ4v) is 8.38. The van der Waals surface area contributed by atoms with E-state index in [1.807, 2.05) is 27.2 Å². The minimum absolute atomic E-state index is 0.00762. The van der Waals surface area contributed by atoms with Crippen LogP contribution in [0.25, 0.3) is 0 Å². The topological polar surface area (TPSA) is 108 Å². The number of quaternary nitrogens is 1. The molecule has 0 saturated heterocycles. The first-order chi connectivity index (χ1) is 30.0. The van der Waals surface area contributed by atoms with E-state index >= 15 is 0 Å². The molecular weight excluding hydrogens is 792 g/mol. The van der Waals surface area contributed by atoms with Crippen molar-refractivity contribution >= 4 is 13.7 Å². The zero-order valence-corrected chi connectivity index (χ0v) is 42.5. The normalized spacial score (nSPS) is 14.4. The number of phosphoric ester groups is 1. The molecule has 62 heavy (non-hydrogen) atoms. The van der Waals surface area contributed by atoms with E-state index in [1.165, 1.54) is 180 Å². The van der Waals surface area contributed by atoms with E-state index in [4.69, 9.17) is 9.05 Å². The first kappa shape index (κ1) is 60.7. The molecule has 366 valence electrons. The summed E-state index contributed by atoms with van der Waals surface area (Å²) in [5, 5.41) is 13.8. The SMILES string of the molecule is CCCCCCCCCCCCCCCCC/C=C/CC/C=C/CC/C=C/C(O)C(COP(=O)([O-])OCC[N+](C)(C)C)NC(=O)CCCCCCCCCCCCCCCCC. The van der Waals surface area contributed by atoms with Crippen LogP contribution in [0.2, 0.25) is 0 Å². The first-order valence-corrected chi connectivity index (χ1v) is 27.8. The lowest BCUT2D eigenvalue weighted by Gasteiger charge is -2.29. The third kappa shape index (κ3) is 46.7. The van der Waals surface area contributed by atoms with Gasteiger partial charge in [0.15, 0.2) is 0 Å². The lowest BCUT2D eigenvalue weighted by Crippen LogP contribution is -2.45. The molecule has 0 aliphatic heterocycles. The Hall–Kier alpha value is -1.28. The largest absolute Gasteiger partial charge is 0.756 e. The average Bonchev–Trinajstić information content (AvgIpc) is 3.23. The van der Waals surface area contributed by atoms with Crippen LogP contribution in [0.4, 0.5) is 0 Å². The molecule has 0 aromatic rings. The summed E-state index contributed by atoms with van der Waals surface area (Å²) in [7, 11) is 1.24. The predicted molar refractivity (Wildman–Crippen MR) is 265 cm³/mol. The van der Waals surface area contributed by atoms with Crippen molar-refractivity contribution < 1.29 is 32.9 Å². The van der Waals surface area contributed by atoms with Crippen molar-refractivity contribution in [2.75, 3.05) is 40.9 Å². The highest BCUT2D eigenvalue weighted by atomic mass is 31.2. The fraction of sp³-hybridized carbons (Fsp3) is 0.868. The second kappa shape index (κ2) is 44.9. The van der Waals surface area contributed by atoms with E-state index < -0.39 is 26.6 Å². The number of allylic oxidation sites excluding steroid dienone is 5. The van der Waals surface area contributed by atoms with Crippen LogP contribution in [0.5, 0.6) is 0 Å². The molecule has 0 aromatic heterocycles. The van der Waals surface area contributed by atoms with Gasteiger partial charge >= 0.3 is 0 Å². The van der Waals surface area contributed by atoms with E-state index in [-0.39, 0.29) is 12.5 Å². The van der Waals surface area contributed by atoms with Crippen molar-refractivity contribution in [3.63, 3.8) is 0 Å². The molecular formula is C53H103N2O6P. The molecule has 0 spiro atoms. The molecule has 8 nitrogen and oxygen atoms in total. The predicted octanol–water partition coefficient (Wildman–Crippen LogP) is 14.8. The molecule has 0 aliphatic carbocycles. The average molecular weight is 895 g/mol. The van der Waals surface area contributed by atoms with Crippen molar-refractivity contribution in [2.24, 2.45) is 0 Å². The van der Waals surface area contributed by atoms with Crippen molar-refractivity contribution in [1.29, 1.82) is 0 Å². The summed E-state index contributed by atoms with van der Waals surface area (Å²) >= 11 is 0. The van der Waals surface area contributed by atoms with Gasteiger partial charge in [-0.2, -0.15) is 0 Å². The zero-order valence-electron chi connectivity index (χ0n) is 41.6. The molecule has 2 N–H and O–H groups in total. The van der Waals surface area contributed by atoms with E-state index in [0.29, 0.717) is 17.4 Å². The number of phosphoric acid groups is 1. The number of nitrogens with one attached hydrogen (secondary N) is 1. The van der Waals surface area contributed by atoms with Gasteiger partial charge in [0, 0.05) is 6.42 Å². The highest BCUT2D eigenvalue weighted by Crippen LogP contribution is 2.38. The van der Waals surface area contributed by atoms with Crippen LogP contribution < -0.4 is 10.2 Å². The number of hydrogen-bond donors (Lipinski definition) is 2. The smallest absolute Gasteiger partial charge is 0.268 e. The summed E-state index contributed by atoms with van der Waals surface area (Å²) < 4.78 is 23.3. The lowest BCUT2D eigenvalue weighted by molar-refractivity contribution is -0.870. The number of likely N-dealkylation sites (N-methyl/N-ethyl adjacent to an activating group) is 1. The first-order valence-electron chi connectivity index (χ1n) is 26.4. The van der Waals surface area contributed by atoms with Crippen LogP contribution >= 0.6 is 7.82 Å². The van der Waals surface area contributed by atoms with E-state index in [0.717, 1.165) is 44.9 Å². The number of carbonyl (C=O) groups excluding carboxylic acids is 1. The number of aliphatic hydroxyl groups is 1. The van der Waals surface area contributed by atoms with E-state index in [2.05, 4.69) is 43.5 Å². The Morgan fingerprint density at radius 3 is 1.31 bits per heavy atom. The van der Waals surface area contributed by atoms with Gasteiger partial charge in [0.2, 0.25) is 5.91 Å². The van der Waals surface area contributed by atoms with E-state index in [9.17, 15) is 19.4 Å². The summed E-state index contributed by atoms with van der Waals surface area (Å²) in [4.78, 5) is 25.4. The van der Waals surface area contributed by atoms with Gasteiger partial charge in [-0.3, -0.25) is 9.36 Å². The Balaban J connectivity index is 4.32. The van der Waals surface area contributed by atoms with Crippen molar-refractivity contribution in [3.8, 4) is 0 Å². The molecule has 0 rings (SSSR count). The molecule has 9 heteroatoms. The molecule has 3 unspecified atom stereocenters. The maximum Gasteiger partial charge on any atom is 0.268 e. The summed E-state index contributed by atoms with van der Waals surface area (Å²) in [5.74, 6) is -0.209. The third-order valence-electron chi connectivity index (χ3n) is 11.8. The Kier molecular flexibility index (Phi) is 44.0. The molecule has 0 aliphatic rings. The Bertz CT molecular complexity index is 1110. The maximum atomic E-state index is 12.9. The Labute approximate surface area is 385 Å². The summed E-state index contributed by atoms with van der Waals surface area (Å²) in [6.07, 6.45) is 56.4. The second-order valence-electron chi connectivity index (χ2n) is 19.2. The Morgan fingerprint density at radius 2 is 0.903 bits per heavy atom. The number of hydrogen-bond acceptors (Lipinski definition) is 6. The van der Waals surface area contributed by atoms with Gasteiger partial charge in [0.1, 0.15) is 13.2 Å². The minimum atomic E-state index is -4.60. The molecule has 0 saturated carbocycles. The monoisotopic (exact) mass is 895 g/mol. The fourth-order valence-electron chi connectivity index (χ4n) is 7.66. The van der Waals surface area contributed by atoms with Gasteiger partial charge in [-0.05, 0) is 44.9 Å². The highest BCUT2D eigenvalue weighted by molar-refractivity contribution is 7.45. The van der Waals surface area contributed by atoms with E-state index in [1.54, 1.807) is 6.08 Å². The van der Waals surface area contributed by atoms with Crippen molar-refractivity contribution in [2.45, 2.75) is 257 Å². The zero-order chi connectivity index (χ0) is 45.7. The van der Waals surface area contributed by atoms with Crippen LogP contribution in [0.15, 0.2) is 36.5 Å². The lowest BCUT2D eigenvalue weighted by atomic mass is 10.0. The van der Waals surface area contributed by atoms with Gasteiger partial charge in [0.05, 0.1) is 39.9 Å². The van der Waals surface area contributed by atoms with Crippen molar-refractivity contribution in [3.05, 3.63) is 36.5 Å². The van der Waals surface area contributed by atoms with Gasteiger partial charge in [-0.25, -0.2) is 0 Å². The number of carbonyl (C=O) groups is 1. The van der Waals surface area contributed by atoms with Crippen LogP contribution in [0.3, 0.4) is 0 Å². The van der Waals surface area contributed by atoms with Gasteiger partial charge in [-0.15, -0.1) is 0 Å². The van der Waals surface area contributed by atoms with Gasteiger partial charge in [0.25, 0.3) is 7.82 Å². The second-order valence-corrected chi connectivity index (χ2v) is 20.6. The number of amides is 1. The van der Waals surface area contributed by atoms with Crippen LogP contribution in [0, 0.1) is 0 Å². The number of nitrogens with zero attached hydrogens (tertiary/aromatic N) is 1. The highest BCUT2D eigenvalue weighted by Gasteiger charge is 2.23. The Morgan fingerprint density at radius 1 is 0.548 bits per heavy atom. The molecule has 0 heterocycles. The third-order valence-corrected chi connectivity index (χ3v) is 12.8. The summed E-state index contributed by atoms with van der Waals surface area (Å²) in [6, 6.07) is -0.906. The standard InChI is InChI=1S/C53H103N2O6P/c1-6-8-10-12-14-16-18-20-22-23-24-25-26-27-28-29-30-31-33-34-36-38-40-42-44-46-52(56)51(50-61-62(58,59)60-49-48-55(3,4)5)54-53(57)47-45-43-41-39-37-35-32-21-19-17-15-13-11-9-7-2/h30-31,36,38,44,46,51-52,56H,6-29,32-35,37,39-43,45,47-50H2,1-5H3,(H-,54,57,58,59)/b31-30+,38-36+,46-44+. The summed E-state index contributed by atoms with van der Waals surface area (Å²) in [6.45, 7) is 4.64. The number of rotatable bonds is 48. The molecule has 0 fully saturated rings. The molecule has 3 atom stereocenters. The molecule has 0 aromatic carbocycles. The quantitative estimate of drug-likeness (QED) is 0.0273. The van der Waals surface area contributed by atoms with Crippen LogP contribution in [0.1, 0.15) is 245 Å². The van der Waals surface area contributed by atoms with Crippen LogP contribution in [-0.4, -0.2) is 68.5 Å². The summed E-state index contributed by atoms with van der Waals surface area (Å²) in [5.41, 5.74) is 0. The minimum Gasteiger partial charge on any atom is -0.756 e. The van der Waals surface area contributed by atoms with Gasteiger partial charge < -0.3 is 28.8 Å². The van der Waals surface area contributed by atoms with Crippen LogP contribution in [-0.2, 0) is 18.4 Å². The molecule has 0 radical (unpaired) electrons. The number of aliphatic hydroxyl groups excluding tert-OH is 1. The molecule has 1 amide bonds.